The third kappa shape index (κ3) is 3.29. The molecular formula is C14H28. The van der Waals surface area contributed by atoms with E-state index >= 15 is 0 Å². The van der Waals surface area contributed by atoms with Crippen LogP contribution in [0.25, 0.3) is 0 Å². The van der Waals surface area contributed by atoms with E-state index in [2.05, 4.69) is 34.6 Å². The zero-order valence-electron chi connectivity index (χ0n) is 10.8. The smallest absolute Gasteiger partial charge is 0.0320 e. The van der Waals surface area contributed by atoms with Crippen molar-refractivity contribution < 1.29 is 0 Å². The lowest BCUT2D eigenvalue weighted by atomic mass is 9.88. The lowest BCUT2D eigenvalue weighted by Crippen LogP contribution is -2.08. The molecule has 0 aromatic rings. The van der Waals surface area contributed by atoms with E-state index in [9.17, 15) is 0 Å². The molecule has 14 heavy (non-hydrogen) atoms. The van der Waals surface area contributed by atoms with Crippen LogP contribution in [-0.2, 0) is 0 Å². The fourth-order valence-corrected chi connectivity index (χ4v) is 2.95. The summed E-state index contributed by atoms with van der Waals surface area (Å²) in [6.45, 7) is 12.0. The highest BCUT2D eigenvalue weighted by Gasteiger charge is 2.48. The third-order valence-electron chi connectivity index (χ3n) is 4.10. The zero-order chi connectivity index (χ0) is 10.8. The number of unbranched alkanes of at least 4 members (excludes halogenated alkanes) is 1. The summed E-state index contributed by atoms with van der Waals surface area (Å²) in [5.74, 6) is 2.92. The van der Waals surface area contributed by atoms with Gasteiger partial charge >= 0.3 is 0 Å². The molecule has 0 heterocycles. The summed E-state index contributed by atoms with van der Waals surface area (Å²) in [7, 11) is 0. The Hall–Kier alpha value is 0. The molecule has 1 aliphatic rings. The van der Waals surface area contributed by atoms with Gasteiger partial charge in [-0.05, 0) is 36.0 Å². The van der Waals surface area contributed by atoms with E-state index in [1.807, 2.05) is 0 Å². The van der Waals surface area contributed by atoms with Crippen molar-refractivity contribution in [2.45, 2.75) is 66.7 Å². The lowest BCUT2D eigenvalue weighted by molar-refractivity contribution is 0.327. The molecule has 1 saturated carbocycles. The highest BCUT2D eigenvalue weighted by Crippen LogP contribution is 2.56. The van der Waals surface area contributed by atoms with Crippen molar-refractivity contribution >= 4 is 0 Å². The fraction of sp³-hybridized carbons (Fsp3) is 1.00. The molecule has 0 aliphatic heterocycles. The van der Waals surface area contributed by atoms with Gasteiger partial charge in [-0.15, -0.1) is 0 Å². The minimum Gasteiger partial charge on any atom is -0.0654 e. The molecule has 0 amide bonds. The Morgan fingerprint density at radius 2 is 1.86 bits per heavy atom. The Bertz CT molecular complexity index is 169. The van der Waals surface area contributed by atoms with Crippen molar-refractivity contribution in [3.05, 3.63) is 0 Å². The van der Waals surface area contributed by atoms with E-state index in [-0.39, 0.29) is 0 Å². The number of rotatable bonds is 6. The van der Waals surface area contributed by atoms with E-state index in [0.29, 0.717) is 5.41 Å². The Morgan fingerprint density at radius 3 is 2.29 bits per heavy atom. The van der Waals surface area contributed by atoms with Gasteiger partial charge in [-0.3, -0.25) is 0 Å². The first-order valence-corrected chi connectivity index (χ1v) is 6.47. The molecule has 0 heteroatoms. The first kappa shape index (κ1) is 12.1. The predicted octanol–water partition coefficient (Wildman–Crippen LogP) is 4.89. The molecule has 3 unspecified atom stereocenters. The van der Waals surface area contributed by atoms with Crippen molar-refractivity contribution in [3.63, 3.8) is 0 Å². The molecule has 0 spiro atoms. The maximum atomic E-state index is 2.46. The van der Waals surface area contributed by atoms with Crippen LogP contribution in [0.3, 0.4) is 0 Å². The fourth-order valence-electron chi connectivity index (χ4n) is 2.95. The van der Waals surface area contributed by atoms with E-state index in [4.69, 9.17) is 0 Å². The largest absolute Gasteiger partial charge is 0.0654 e. The number of hydrogen-bond donors (Lipinski definition) is 0. The Morgan fingerprint density at radius 1 is 1.29 bits per heavy atom. The highest BCUT2D eigenvalue weighted by atomic mass is 14.5. The van der Waals surface area contributed by atoms with Gasteiger partial charge in [-0.2, -0.15) is 0 Å². The minimum atomic E-state index is 0.671. The monoisotopic (exact) mass is 196 g/mol. The summed E-state index contributed by atoms with van der Waals surface area (Å²) >= 11 is 0. The molecule has 0 bridgehead atoms. The average molecular weight is 196 g/mol. The van der Waals surface area contributed by atoms with Crippen molar-refractivity contribution in [2.75, 3.05) is 0 Å². The number of hydrogen-bond acceptors (Lipinski definition) is 0. The van der Waals surface area contributed by atoms with E-state index in [1.165, 1.54) is 32.1 Å². The van der Waals surface area contributed by atoms with Crippen LogP contribution in [0.4, 0.5) is 0 Å². The van der Waals surface area contributed by atoms with Crippen molar-refractivity contribution in [1.29, 1.82) is 0 Å². The van der Waals surface area contributed by atoms with Gasteiger partial charge < -0.3 is 0 Å². The third-order valence-corrected chi connectivity index (χ3v) is 4.10. The van der Waals surface area contributed by atoms with Gasteiger partial charge in [0.05, 0.1) is 0 Å². The molecule has 0 saturated heterocycles. The molecular weight excluding hydrogens is 168 g/mol. The second kappa shape index (κ2) is 4.68. The predicted molar refractivity (Wildman–Crippen MR) is 64.4 cm³/mol. The standard InChI is InChI=1S/C14H28/c1-6-7-8-11(2)9-12(3)13-10-14(13,4)5/h11-13H,6-10H2,1-5H3. The maximum Gasteiger partial charge on any atom is -0.0320 e. The lowest BCUT2D eigenvalue weighted by Gasteiger charge is -2.18. The SMILES string of the molecule is CCCCC(C)CC(C)C1CC1(C)C. The summed E-state index contributed by atoms with van der Waals surface area (Å²) < 4.78 is 0. The summed E-state index contributed by atoms with van der Waals surface area (Å²) in [6, 6.07) is 0. The summed E-state index contributed by atoms with van der Waals surface area (Å²) in [6.07, 6.45) is 7.13. The van der Waals surface area contributed by atoms with Crippen LogP contribution in [-0.4, -0.2) is 0 Å². The Labute approximate surface area is 90.5 Å². The summed E-state index contributed by atoms with van der Waals surface area (Å²) in [5, 5.41) is 0. The van der Waals surface area contributed by atoms with Crippen LogP contribution in [0.5, 0.6) is 0 Å². The van der Waals surface area contributed by atoms with Gasteiger partial charge in [0, 0.05) is 0 Å². The van der Waals surface area contributed by atoms with Crippen LogP contribution in [0.1, 0.15) is 66.7 Å². The summed E-state index contributed by atoms with van der Waals surface area (Å²) in [4.78, 5) is 0. The summed E-state index contributed by atoms with van der Waals surface area (Å²) in [5.41, 5.74) is 0.671. The molecule has 0 aromatic heterocycles. The molecule has 1 rings (SSSR count). The van der Waals surface area contributed by atoms with E-state index in [1.54, 1.807) is 0 Å². The van der Waals surface area contributed by atoms with Crippen LogP contribution < -0.4 is 0 Å². The van der Waals surface area contributed by atoms with Gasteiger partial charge in [0.15, 0.2) is 0 Å². The molecule has 1 aliphatic carbocycles. The second-order valence-electron chi connectivity index (χ2n) is 6.26. The first-order valence-electron chi connectivity index (χ1n) is 6.47. The normalized spacial score (nSPS) is 28.5. The van der Waals surface area contributed by atoms with Gasteiger partial charge in [0.1, 0.15) is 0 Å². The first-order chi connectivity index (χ1) is 6.47. The molecule has 84 valence electrons. The van der Waals surface area contributed by atoms with Crippen molar-refractivity contribution in [2.24, 2.45) is 23.2 Å². The highest BCUT2D eigenvalue weighted by molar-refractivity contribution is 4.97. The topological polar surface area (TPSA) is 0 Å². The molecule has 0 aromatic carbocycles. The zero-order valence-corrected chi connectivity index (χ0v) is 10.8. The van der Waals surface area contributed by atoms with Gasteiger partial charge in [-0.1, -0.05) is 53.9 Å². The minimum absolute atomic E-state index is 0.671. The van der Waals surface area contributed by atoms with Crippen LogP contribution in [0.15, 0.2) is 0 Å². The second-order valence-corrected chi connectivity index (χ2v) is 6.26. The molecule has 0 nitrogen and oxygen atoms in total. The van der Waals surface area contributed by atoms with E-state index < -0.39 is 0 Å². The van der Waals surface area contributed by atoms with Crippen LogP contribution in [0.2, 0.25) is 0 Å². The van der Waals surface area contributed by atoms with Crippen LogP contribution >= 0.6 is 0 Å². The Balaban J connectivity index is 2.17. The van der Waals surface area contributed by atoms with Gasteiger partial charge in [-0.25, -0.2) is 0 Å². The van der Waals surface area contributed by atoms with Crippen molar-refractivity contribution in [3.8, 4) is 0 Å². The molecule has 0 radical (unpaired) electrons. The molecule has 1 fully saturated rings. The quantitative estimate of drug-likeness (QED) is 0.567. The van der Waals surface area contributed by atoms with Gasteiger partial charge in [0.2, 0.25) is 0 Å². The Kier molecular flexibility index (Phi) is 4.04. The van der Waals surface area contributed by atoms with Gasteiger partial charge in [0.25, 0.3) is 0 Å². The van der Waals surface area contributed by atoms with Crippen molar-refractivity contribution in [1.82, 2.24) is 0 Å². The molecule has 0 N–H and O–H groups in total. The van der Waals surface area contributed by atoms with Crippen LogP contribution in [0, 0.1) is 23.2 Å². The molecule has 3 atom stereocenters. The van der Waals surface area contributed by atoms with E-state index in [0.717, 1.165) is 17.8 Å². The average Bonchev–Trinajstić information content (AvgIpc) is 2.72. The maximum absolute atomic E-state index is 2.46.